The second kappa shape index (κ2) is 5.20. The first kappa shape index (κ1) is 11.3. The molecule has 0 bridgehead atoms. The maximum Gasteiger partial charge on any atom is 0.0695 e. The highest BCUT2D eigenvalue weighted by atomic mass is 14.4. The van der Waals surface area contributed by atoms with Gasteiger partial charge in [0.05, 0.1) is 11.5 Å². The van der Waals surface area contributed by atoms with Crippen molar-refractivity contribution in [3.8, 4) is 6.07 Å². The zero-order valence-corrected chi connectivity index (χ0v) is 9.26. The second-order valence-corrected chi connectivity index (χ2v) is 4.56. The average molecular weight is 191 g/mol. The van der Waals surface area contributed by atoms with Crippen LogP contribution in [-0.4, -0.2) is 0 Å². The third-order valence-electron chi connectivity index (χ3n) is 3.69. The van der Waals surface area contributed by atoms with Gasteiger partial charge in [0.25, 0.3) is 0 Å². The molecule has 0 heterocycles. The van der Waals surface area contributed by atoms with Gasteiger partial charge in [0.1, 0.15) is 0 Å². The molecule has 0 spiro atoms. The molecule has 1 aliphatic rings. The number of nitrogens with zero attached hydrogens (tertiary/aromatic N) is 1. The fraction of sp³-hybridized carbons (Fsp3) is 0.769. The Hall–Kier alpha value is -0.770. The van der Waals surface area contributed by atoms with Crippen LogP contribution in [0.5, 0.6) is 0 Å². The molecule has 0 aliphatic heterocycles. The summed E-state index contributed by atoms with van der Waals surface area (Å²) in [6.07, 6.45) is 10.5. The van der Waals surface area contributed by atoms with E-state index in [9.17, 15) is 5.26 Å². The van der Waals surface area contributed by atoms with Crippen LogP contribution < -0.4 is 0 Å². The van der Waals surface area contributed by atoms with Crippen LogP contribution in [0, 0.1) is 22.7 Å². The molecule has 1 nitrogen and oxygen atoms in total. The molecule has 0 amide bonds. The van der Waals surface area contributed by atoms with E-state index in [0.717, 1.165) is 12.8 Å². The molecule has 0 radical (unpaired) electrons. The van der Waals surface area contributed by atoms with E-state index in [4.69, 9.17) is 0 Å². The van der Waals surface area contributed by atoms with Crippen molar-refractivity contribution in [3.63, 3.8) is 0 Å². The van der Waals surface area contributed by atoms with Crippen LogP contribution in [0.15, 0.2) is 12.7 Å². The summed E-state index contributed by atoms with van der Waals surface area (Å²) in [5.41, 5.74) is -0.109. The van der Waals surface area contributed by atoms with E-state index >= 15 is 0 Å². The Morgan fingerprint density at radius 3 is 2.14 bits per heavy atom. The molecule has 14 heavy (non-hydrogen) atoms. The molecule has 1 rings (SSSR count). The van der Waals surface area contributed by atoms with Crippen LogP contribution >= 0.6 is 0 Å². The second-order valence-electron chi connectivity index (χ2n) is 4.56. The van der Waals surface area contributed by atoms with Crippen molar-refractivity contribution in [2.75, 3.05) is 0 Å². The zero-order valence-electron chi connectivity index (χ0n) is 9.26. The van der Waals surface area contributed by atoms with Crippen molar-refractivity contribution in [1.82, 2.24) is 0 Å². The Balaban J connectivity index is 2.73. The summed E-state index contributed by atoms with van der Waals surface area (Å²) in [6, 6.07) is 2.56. The van der Waals surface area contributed by atoms with E-state index in [2.05, 4.69) is 19.6 Å². The van der Waals surface area contributed by atoms with Crippen LogP contribution in [0.25, 0.3) is 0 Å². The van der Waals surface area contributed by atoms with Crippen LogP contribution in [-0.2, 0) is 0 Å². The van der Waals surface area contributed by atoms with Gasteiger partial charge in [0.15, 0.2) is 0 Å². The Bertz CT molecular complexity index is 216. The van der Waals surface area contributed by atoms with Crippen LogP contribution in [0.1, 0.15) is 51.9 Å². The molecule has 1 aliphatic carbocycles. The minimum atomic E-state index is -0.109. The maximum absolute atomic E-state index is 9.36. The van der Waals surface area contributed by atoms with Crippen molar-refractivity contribution >= 4 is 0 Å². The molecule has 0 saturated heterocycles. The molecule has 1 fully saturated rings. The van der Waals surface area contributed by atoms with Crippen LogP contribution in [0.4, 0.5) is 0 Å². The summed E-state index contributed by atoms with van der Waals surface area (Å²) in [5.74, 6) is 0.339. The fourth-order valence-electron chi connectivity index (χ4n) is 2.43. The topological polar surface area (TPSA) is 23.8 Å². The van der Waals surface area contributed by atoms with Gasteiger partial charge in [-0.15, -0.1) is 6.58 Å². The molecule has 1 unspecified atom stereocenters. The maximum atomic E-state index is 9.36. The number of hydrogen-bond donors (Lipinski definition) is 0. The van der Waals surface area contributed by atoms with Gasteiger partial charge in [0.2, 0.25) is 0 Å². The number of hydrogen-bond acceptors (Lipinski definition) is 1. The van der Waals surface area contributed by atoms with E-state index in [1.54, 1.807) is 0 Å². The molecule has 0 aromatic heterocycles. The first-order chi connectivity index (χ1) is 6.75. The Labute approximate surface area is 87.8 Å². The number of rotatable bonds is 2. The normalized spacial score (nSPS) is 24.0. The summed E-state index contributed by atoms with van der Waals surface area (Å²) in [4.78, 5) is 0. The minimum Gasteiger partial charge on any atom is -0.198 e. The van der Waals surface area contributed by atoms with Crippen LogP contribution in [0.2, 0.25) is 0 Å². The molecule has 1 saturated carbocycles. The van der Waals surface area contributed by atoms with Gasteiger partial charge in [-0.3, -0.25) is 0 Å². The summed E-state index contributed by atoms with van der Waals surface area (Å²) < 4.78 is 0. The van der Waals surface area contributed by atoms with E-state index < -0.39 is 0 Å². The SMILES string of the molecule is C=CC(C)C1(C#N)CCCCCCC1. The first-order valence-electron chi connectivity index (χ1n) is 5.79. The molecule has 0 aromatic carbocycles. The molecule has 78 valence electrons. The third kappa shape index (κ3) is 2.38. The van der Waals surface area contributed by atoms with Gasteiger partial charge in [0, 0.05) is 0 Å². The van der Waals surface area contributed by atoms with Crippen molar-refractivity contribution in [3.05, 3.63) is 12.7 Å². The highest BCUT2D eigenvalue weighted by Gasteiger charge is 2.34. The standard InChI is InChI=1S/C13H21N/c1-3-12(2)13(11-14)9-7-5-4-6-8-10-13/h3,12H,1,4-10H2,2H3. The number of allylic oxidation sites excluding steroid dienone is 1. The molecule has 0 N–H and O–H groups in total. The number of nitriles is 1. The van der Waals surface area contributed by atoms with Crippen molar-refractivity contribution in [2.45, 2.75) is 51.9 Å². The largest absolute Gasteiger partial charge is 0.198 e. The smallest absolute Gasteiger partial charge is 0.0695 e. The summed E-state index contributed by atoms with van der Waals surface area (Å²) in [6.45, 7) is 5.97. The monoisotopic (exact) mass is 191 g/mol. The highest BCUT2D eigenvalue weighted by Crippen LogP contribution is 2.40. The summed E-state index contributed by atoms with van der Waals surface area (Å²) in [5, 5.41) is 9.36. The lowest BCUT2D eigenvalue weighted by Gasteiger charge is -2.32. The fourth-order valence-corrected chi connectivity index (χ4v) is 2.43. The van der Waals surface area contributed by atoms with Crippen molar-refractivity contribution in [2.24, 2.45) is 11.3 Å². The van der Waals surface area contributed by atoms with Gasteiger partial charge in [-0.2, -0.15) is 5.26 Å². The lowest BCUT2D eigenvalue weighted by atomic mass is 9.69. The predicted molar refractivity (Wildman–Crippen MR) is 59.7 cm³/mol. The molecular weight excluding hydrogens is 170 g/mol. The van der Waals surface area contributed by atoms with Crippen molar-refractivity contribution in [1.29, 1.82) is 5.26 Å². The Morgan fingerprint density at radius 1 is 1.21 bits per heavy atom. The zero-order chi connectivity index (χ0) is 10.4. The summed E-state index contributed by atoms with van der Waals surface area (Å²) in [7, 11) is 0. The lowest BCUT2D eigenvalue weighted by molar-refractivity contribution is 0.229. The van der Waals surface area contributed by atoms with Gasteiger partial charge < -0.3 is 0 Å². The van der Waals surface area contributed by atoms with Gasteiger partial charge in [-0.25, -0.2) is 0 Å². The third-order valence-corrected chi connectivity index (χ3v) is 3.69. The molecule has 1 heteroatoms. The van der Waals surface area contributed by atoms with E-state index in [1.807, 2.05) is 6.08 Å². The quantitative estimate of drug-likeness (QED) is 0.604. The van der Waals surface area contributed by atoms with Gasteiger partial charge in [-0.1, -0.05) is 45.1 Å². The highest BCUT2D eigenvalue weighted by molar-refractivity contribution is 5.06. The Kier molecular flexibility index (Phi) is 4.20. The van der Waals surface area contributed by atoms with Crippen molar-refractivity contribution < 1.29 is 0 Å². The summed E-state index contributed by atoms with van der Waals surface area (Å²) >= 11 is 0. The molecule has 1 atom stereocenters. The van der Waals surface area contributed by atoms with E-state index in [0.29, 0.717) is 5.92 Å². The van der Waals surface area contributed by atoms with Gasteiger partial charge >= 0.3 is 0 Å². The van der Waals surface area contributed by atoms with Crippen LogP contribution in [0.3, 0.4) is 0 Å². The predicted octanol–water partition coefficient (Wildman–Crippen LogP) is 4.06. The van der Waals surface area contributed by atoms with Gasteiger partial charge in [-0.05, 0) is 18.8 Å². The average Bonchev–Trinajstić information content (AvgIpc) is 2.18. The molecular formula is C13H21N. The minimum absolute atomic E-state index is 0.109. The first-order valence-corrected chi connectivity index (χ1v) is 5.79. The Morgan fingerprint density at radius 2 is 1.71 bits per heavy atom. The lowest BCUT2D eigenvalue weighted by Crippen LogP contribution is -2.27. The molecule has 0 aromatic rings. The van der Waals surface area contributed by atoms with E-state index in [1.165, 1.54) is 32.1 Å². The van der Waals surface area contributed by atoms with E-state index in [-0.39, 0.29) is 5.41 Å².